The number of esters is 3. The van der Waals surface area contributed by atoms with Crippen molar-refractivity contribution in [2.24, 2.45) is 0 Å². The highest BCUT2D eigenvalue weighted by Crippen LogP contribution is 2.09. The molecule has 6 nitrogen and oxygen atoms in total. The van der Waals surface area contributed by atoms with E-state index in [1.165, 1.54) is 25.7 Å². The van der Waals surface area contributed by atoms with E-state index < -0.39 is 12.1 Å². The van der Waals surface area contributed by atoms with E-state index in [1.54, 1.807) is 0 Å². The van der Waals surface area contributed by atoms with Crippen LogP contribution in [0, 0.1) is 0 Å². The monoisotopic (exact) mass is 761 g/mol. The third-order valence-electron chi connectivity index (χ3n) is 8.24. The number of carbonyl (C=O) groups excluding carboxylic acids is 3. The smallest absolute Gasteiger partial charge is 0.306 e. The Hall–Kier alpha value is -3.93. The Morgan fingerprint density at radius 1 is 0.382 bits per heavy atom. The zero-order chi connectivity index (χ0) is 40.1. The van der Waals surface area contributed by atoms with Crippen LogP contribution in [0.15, 0.2) is 109 Å². The van der Waals surface area contributed by atoms with Crippen molar-refractivity contribution < 1.29 is 28.6 Å². The summed E-state index contributed by atoms with van der Waals surface area (Å²) in [5.41, 5.74) is 0. The molecule has 55 heavy (non-hydrogen) atoms. The molecule has 308 valence electrons. The van der Waals surface area contributed by atoms with Crippen molar-refractivity contribution in [3.63, 3.8) is 0 Å². The summed E-state index contributed by atoms with van der Waals surface area (Å²) in [7, 11) is 0. The Balaban J connectivity index is 4.56. The molecule has 0 aliphatic rings. The van der Waals surface area contributed by atoms with E-state index in [2.05, 4.69) is 130 Å². The Morgan fingerprint density at radius 2 is 0.709 bits per heavy atom. The van der Waals surface area contributed by atoms with Crippen molar-refractivity contribution in [2.45, 2.75) is 168 Å². The number of allylic oxidation sites excluding steroid dienone is 18. The van der Waals surface area contributed by atoms with Crippen LogP contribution in [0.5, 0.6) is 0 Å². The lowest BCUT2D eigenvalue weighted by atomic mass is 10.2. The molecule has 6 heteroatoms. The van der Waals surface area contributed by atoms with Crippen LogP contribution in [-0.4, -0.2) is 37.2 Å². The van der Waals surface area contributed by atoms with Gasteiger partial charge in [-0.15, -0.1) is 0 Å². The summed E-state index contributed by atoms with van der Waals surface area (Å²) in [5, 5.41) is 0. The van der Waals surface area contributed by atoms with Gasteiger partial charge in [0.2, 0.25) is 0 Å². The maximum Gasteiger partial charge on any atom is 0.306 e. The fraction of sp³-hybridized carbons (Fsp3) is 0.571. The number of unbranched alkanes of at least 4 members (excludes halogenated alkanes) is 7. The lowest BCUT2D eigenvalue weighted by molar-refractivity contribution is -0.167. The molecule has 0 saturated carbocycles. The second-order valence-electron chi connectivity index (χ2n) is 13.5. The molecule has 0 heterocycles. The summed E-state index contributed by atoms with van der Waals surface area (Å²) in [6, 6.07) is 0. The van der Waals surface area contributed by atoms with Crippen LogP contribution < -0.4 is 0 Å². The zero-order valence-electron chi connectivity index (χ0n) is 34.9. The summed E-state index contributed by atoms with van der Waals surface area (Å²) >= 11 is 0. The van der Waals surface area contributed by atoms with Crippen LogP contribution in [-0.2, 0) is 28.6 Å². The van der Waals surface area contributed by atoms with Crippen molar-refractivity contribution in [1.82, 2.24) is 0 Å². The van der Waals surface area contributed by atoms with E-state index in [-0.39, 0.29) is 38.0 Å². The average Bonchev–Trinajstić information content (AvgIpc) is 3.18. The van der Waals surface area contributed by atoms with Gasteiger partial charge in [0.15, 0.2) is 6.10 Å². The van der Waals surface area contributed by atoms with Crippen molar-refractivity contribution in [2.75, 3.05) is 13.2 Å². The lowest BCUT2D eigenvalue weighted by Gasteiger charge is -2.18. The molecule has 0 saturated heterocycles. The number of hydrogen-bond acceptors (Lipinski definition) is 6. The summed E-state index contributed by atoms with van der Waals surface area (Å²) in [5.74, 6) is -1.10. The molecule has 0 aromatic carbocycles. The molecule has 0 spiro atoms. The van der Waals surface area contributed by atoms with Gasteiger partial charge in [0.1, 0.15) is 13.2 Å². The molecule has 0 aromatic heterocycles. The van der Waals surface area contributed by atoms with E-state index in [0.717, 1.165) is 77.0 Å². The van der Waals surface area contributed by atoms with Crippen molar-refractivity contribution >= 4 is 17.9 Å². The van der Waals surface area contributed by atoms with Crippen LogP contribution in [0.4, 0.5) is 0 Å². The predicted octanol–water partition coefficient (Wildman–Crippen LogP) is 13.6. The van der Waals surface area contributed by atoms with Gasteiger partial charge in [-0.3, -0.25) is 14.4 Å². The highest BCUT2D eigenvalue weighted by atomic mass is 16.6. The lowest BCUT2D eigenvalue weighted by Crippen LogP contribution is -2.30. The Labute approximate surface area is 336 Å². The molecule has 0 fully saturated rings. The van der Waals surface area contributed by atoms with Crippen molar-refractivity contribution in [3.8, 4) is 0 Å². The average molecular weight is 761 g/mol. The fourth-order valence-electron chi connectivity index (χ4n) is 5.08. The van der Waals surface area contributed by atoms with Crippen LogP contribution >= 0.6 is 0 Å². The molecule has 0 N–H and O–H groups in total. The topological polar surface area (TPSA) is 78.9 Å². The molecule has 1 unspecified atom stereocenters. The summed E-state index contributed by atoms with van der Waals surface area (Å²) < 4.78 is 16.5. The van der Waals surface area contributed by atoms with E-state index in [9.17, 15) is 14.4 Å². The van der Waals surface area contributed by atoms with Gasteiger partial charge in [-0.05, 0) is 109 Å². The van der Waals surface area contributed by atoms with Gasteiger partial charge in [-0.25, -0.2) is 0 Å². The third-order valence-corrected chi connectivity index (χ3v) is 8.24. The van der Waals surface area contributed by atoms with Crippen LogP contribution in [0.2, 0.25) is 0 Å². The van der Waals surface area contributed by atoms with Gasteiger partial charge in [0, 0.05) is 19.3 Å². The molecular formula is C49H76O6. The highest BCUT2D eigenvalue weighted by Gasteiger charge is 2.19. The van der Waals surface area contributed by atoms with Gasteiger partial charge in [-0.2, -0.15) is 0 Å². The minimum atomic E-state index is -0.838. The Morgan fingerprint density at radius 3 is 1.11 bits per heavy atom. The quantitative estimate of drug-likeness (QED) is 0.0274. The standard InChI is InChI=1S/C49H76O6/c1-4-7-10-13-16-19-21-22-23-24-25-26-28-30-33-36-39-42-48(51)54-45-46(44-53-47(50)41-38-35-32-29-18-15-12-9-6-3)55-49(52)43-40-37-34-31-27-20-17-14-11-8-5-2/h8-9,11-12,16-20,22-23,25-26,29-31,33-34,46H,4-7,10,13-15,21,24,27-28,32,35-45H2,1-3H3/b11-8-,12-9-,19-16-,20-17-,23-22-,26-25-,29-18-,33-30-,34-31-. The SMILES string of the molecule is CC/C=C\C/C=C\C/C=C\CCCC(=O)OC(COC(=O)CCC/C=C\C/C=C\C/C=C\C/C=C\CCCCC)COC(=O)CCCC/C=C\C/C=C\CC. The first-order valence-electron chi connectivity index (χ1n) is 21.4. The minimum Gasteiger partial charge on any atom is -0.462 e. The van der Waals surface area contributed by atoms with Crippen LogP contribution in [0.1, 0.15) is 162 Å². The van der Waals surface area contributed by atoms with E-state index in [4.69, 9.17) is 14.2 Å². The molecule has 0 bridgehead atoms. The fourth-order valence-corrected chi connectivity index (χ4v) is 5.08. The molecule has 0 aromatic rings. The first-order chi connectivity index (χ1) is 27.0. The second-order valence-corrected chi connectivity index (χ2v) is 13.5. The normalized spacial score (nSPS) is 13.1. The summed E-state index contributed by atoms with van der Waals surface area (Å²) in [4.78, 5) is 37.5. The Bertz CT molecular complexity index is 1200. The first kappa shape index (κ1) is 51.1. The molecule has 0 aliphatic carbocycles. The van der Waals surface area contributed by atoms with E-state index in [0.29, 0.717) is 25.7 Å². The second kappa shape index (κ2) is 42.8. The maximum absolute atomic E-state index is 12.6. The predicted molar refractivity (Wildman–Crippen MR) is 233 cm³/mol. The Kier molecular flexibility index (Phi) is 39.7. The van der Waals surface area contributed by atoms with Gasteiger partial charge < -0.3 is 14.2 Å². The van der Waals surface area contributed by atoms with Crippen LogP contribution in [0.25, 0.3) is 0 Å². The zero-order valence-corrected chi connectivity index (χ0v) is 34.9. The van der Waals surface area contributed by atoms with Gasteiger partial charge >= 0.3 is 17.9 Å². The third kappa shape index (κ3) is 41.1. The minimum absolute atomic E-state index is 0.135. The van der Waals surface area contributed by atoms with Crippen molar-refractivity contribution in [1.29, 1.82) is 0 Å². The largest absolute Gasteiger partial charge is 0.462 e. The summed E-state index contributed by atoms with van der Waals surface area (Å²) in [6.07, 6.45) is 56.7. The highest BCUT2D eigenvalue weighted by molar-refractivity contribution is 5.71. The van der Waals surface area contributed by atoms with Gasteiger partial charge in [-0.1, -0.05) is 143 Å². The molecule has 0 aliphatic heterocycles. The number of hydrogen-bond donors (Lipinski definition) is 0. The molecule has 0 rings (SSSR count). The number of carbonyl (C=O) groups is 3. The maximum atomic E-state index is 12.6. The van der Waals surface area contributed by atoms with E-state index in [1.807, 2.05) is 0 Å². The first-order valence-corrected chi connectivity index (χ1v) is 21.4. The molecular weight excluding hydrogens is 685 g/mol. The van der Waals surface area contributed by atoms with Crippen LogP contribution in [0.3, 0.4) is 0 Å². The van der Waals surface area contributed by atoms with E-state index >= 15 is 0 Å². The molecule has 1 atom stereocenters. The van der Waals surface area contributed by atoms with Gasteiger partial charge in [0.05, 0.1) is 0 Å². The van der Waals surface area contributed by atoms with Crippen molar-refractivity contribution in [3.05, 3.63) is 109 Å². The summed E-state index contributed by atoms with van der Waals surface area (Å²) in [6.45, 7) is 6.19. The number of ether oxygens (including phenoxy) is 3. The molecule has 0 amide bonds. The molecule has 0 radical (unpaired) electrons. The van der Waals surface area contributed by atoms with Gasteiger partial charge in [0.25, 0.3) is 0 Å². The number of rotatable bonds is 36.